The summed E-state index contributed by atoms with van der Waals surface area (Å²) in [5, 5.41) is 0. The second-order valence-corrected chi connectivity index (χ2v) is 5.79. The number of rotatable bonds is 6. The van der Waals surface area contributed by atoms with Crippen molar-refractivity contribution in [2.24, 2.45) is 5.73 Å². The summed E-state index contributed by atoms with van der Waals surface area (Å²) < 4.78 is 5.86. The van der Waals surface area contributed by atoms with Gasteiger partial charge in [0, 0.05) is 38.3 Å². The Bertz CT molecular complexity index is 468. The number of carbonyl (C=O) groups is 1. The Hall–Kier alpha value is -1.59. The van der Waals surface area contributed by atoms with E-state index in [2.05, 4.69) is 15.9 Å². The topological polar surface area (TPSA) is 58.8 Å². The van der Waals surface area contributed by atoms with Crippen molar-refractivity contribution in [3.63, 3.8) is 0 Å². The highest BCUT2D eigenvalue weighted by Crippen LogP contribution is 2.21. The summed E-state index contributed by atoms with van der Waals surface area (Å²) in [5.74, 6) is 0.714. The molecule has 0 unspecified atom stereocenters. The summed E-state index contributed by atoms with van der Waals surface area (Å²) in [7, 11) is 0. The standard InChI is InChI=1S/C16H25N3O2/c1-13(2)21-15-6-4-3-5-14(15)11-18-7-9-19(10-8-18)12-16(17)20/h3-6,13H,7-12H2,1-2H3,(H2,17,20). The Morgan fingerprint density at radius 3 is 2.43 bits per heavy atom. The highest BCUT2D eigenvalue weighted by molar-refractivity contribution is 5.75. The molecule has 1 aromatic rings. The van der Waals surface area contributed by atoms with Gasteiger partial charge in [0.25, 0.3) is 0 Å². The second kappa shape index (κ2) is 7.43. The first-order valence-electron chi connectivity index (χ1n) is 7.52. The molecule has 5 nitrogen and oxygen atoms in total. The fourth-order valence-electron chi connectivity index (χ4n) is 2.57. The number of carbonyl (C=O) groups excluding carboxylic acids is 1. The number of hydrogen-bond donors (Lipinski definition) is 1. The van der Waals surface area contributed by atoms with Gasteiger partial charge >= 0.3 is 0 Å². The lowest BCUT2D eigenvalue weighted by Crippen LogP contribution is -2.48. The van der Waals surface area contributed by atoms with Crippen LogP contribution >= 0.6 is 0 Å². The van der Waals surface area contributed by atoms with Gasteiger partial charge in [0.05, 0.1) is 12.6 Å². The Morgan fingerprint density at radius 1 is 1.19 bits per heavy atom. The van der Waals surface area contributed by atoms with Crippen LogP contribution in [-0.2, 0) is 11.3 Å². The molecule has 2 rings (SSSR count). The van der Waals surface area contributed by atoms with Crippen LogP contribution < -0.4 is 10.5 Å². The Kier molecular flexibility index (Phi) is 5.59. The van der Waals surface area contributed by atoms with E-state index >= 15 is 0 Å². The molecular weight excluding hydrogens is 266 g/mol. The van der Waals surface area contributed by atoms with Gasteiger partial charge in [0.1, 0.15) is 5.75 Å². The van der Waals surface area contributed by atoms with Crippen molar-refractivity contribution in [3.05, 3.63) is 29.8 Å². The highest BCUT2D eigenvalue weighted by Gasteiger charge is 2.19. The Balaban J connectivity index is 1.90. The maximum absolute atomic E-state index is 10.9. The van der Waals surface area contributed by atoms with Gasteiger partial charge in [0.2, 0.25) is 5.91 Å². The molecule has 116 valence electrons. The van der Waals surface area contributed by atoms with E-state index in [1.807, 2.05) is 32.0 Å². The smallest absolute Gasteiger partial charge is 0.231 e. The molecule has 0 aromatic heterocycles. The average Bonchev–Trinajstić information content (AvgIpc) is 2.42. The normalized spacial score (nSPS) is 17.1. The van der Waals surface area contributed by atoms with E-state index in [0.29, 0.717) is 6.54 Å². The molecule has 1 saturated heterocycles. The molecule has 0 spiro atoms. The Labute approximate surface area is 126 Å². The quantitative estimate of drug-likeness (QED) is 0.852. The van der Waals surface area contributed by atoms with Crippen LogP contribution in [0.1, 0.15) is 19.4 Å². The number of para-hydroxylation sites is 1. The molecule has 1 aliphatic heterocycles. The van der Waals surface area contributed by atoms with Crippen LogP contribution in [-0.4, -0.2) is 54.5 Å². The van der Waals surface area contributed by atoms with Crippen LogP contribution in [0.25, 0.3) is 0 Å². The minimum atomic E-state index is -0.251. The van der Waals surface area contributed by atoms with Gasteiger partial charge in [-0.25, -0.2) is 0 Å². The first-order valence-corrected chi connectivity index (χ1v) is 7.52. The van der Waals surface area contributed by atoms with E-state index in [9.17, 15) is 4.79 Å². The molecule has 21 heavy (non-hydrogen) atoms. The minimum Gasteiger partial charge on any atom is -0.491 e. The van der Waals surface area contributed by atoms with E-state index < -0.39 is 0 Å². The molecular formula is C16H25N3O2. The van der Waals surface area contributed by atoms with Crippen molar-refractivity contribution in [2.75, 3.05) is 32.7 Å². The van der Waals surface area contributed by atoms with Crippen molar-refractivity contribution < 1.29 is 9.53 Å². The molecule has 1 fully saturated rings. The predicted molar refractivity (Wildman–Crippen MR) is 83.1 cm³/mol. The molecule has 0 radical (unpaired) electrons. The number of benzene rings is 1. The zero-order valence-corrected chi connectivity index (χ0v) is 12.9. The first-order chi connectivity index (χ1) is 10.0. The van der Waals surface area contributed by atoms with Crippen LogP contribution in [0.3, 0.4) is 0 Å². The van der Waals surface area contributed by atoms with Crippen LogP contribution in [0, 0.1) is 0 Å². The highest BCUT2D eigenvalue weighted by atomic mass is 16.5. The minimum absolute atomic E-state index is 0.179. The van der Waals surface area contributed by atoms with Gasteiger partial charge in [-0.2, -0.15) is 0 Å². The number of nitrogens with zero attached hydrogens (tertiary/aromatic N) is 2. The third-order valence-corrected chi connectivity index (χ3v) is 3.57. The van der Waals surface area contributed by atoms with E-state index in [-0.39, 0.29) is 12.0 Å². The molecule has 2 N–H and O–H groups in total. The fourth-order valence-corrected chi connectivity index (χ4v) is 2.57. The summed E-state index contributed by atoms with van der Waals surface area (Å²) in [4.78, 5) is 15.4. The lowest BCUT2D eigenvalue weighted by atomic mass is 10.1. The lowest BCUT2D eigenvalue weighted by Gasteiger charge is -2.34. The van der Waals surface area contributed by atoms with Gasteiger partial charge in [-0.15, -0.1) is 0 Å². The predicted octanol–water partition coefficient (Wildman–Crippen LogP) is 1.08. The molecule has 0 saturated carbocycles. The van der Waals surface area contributed by atoms with Crippen LogP contribution in [0.4, 0.5) is 0 Å². The number of piperazine rings is 1. The van der Waals surface area contributed by atoms with Gasteiger partial charge in [-0.3, -0.25) is 14.6 Å². The third kappa shape index (κ3) is 5.02. The Morgan fingerprint density at radius 2 is 1.81 bits per heavy atom. The van der Waals surface area contributed by atoms with Crippen LogP contribution in [0.5, 0.6) is 5.75 Å². The SMILES string of the molecule is CC(C)Oc1ccccc1CN1CCN(CC(N)=O)CC1. The molecule has 5 heteroatoms. The zero-order chi connectivity index (χ0) is 15.2. The van der Waals surface area contributed by atoms with E-state index in [4.69, 9.17) is 10.5 Å². The molecule has 1 amide bonds. The van der Waals surface area contributed by atoms with Crippen molar-refractivity contribution in [1.29, 1.82) is 0 Å². The van der Waals surface area contributed by atoms with Gasteiger partial charge < -0.3 is 10.5 Å². The van der Waals surface area contributed by atoms with E-state index in [1.165, 1.54) is 5.56 Å². The zero-order valence-electron chi connectivity index (χ0n) is 12.9. The van der Waals surface area contributed by atoms with Gasteiger partial charge in [0.15, 0.2) is 0 Å². The van der Waals surface area contributed by atoms with Gasteiger partial charge in [-0.05, 0) is 19.9 Å². The summed E-state index contributed by atoms with van der Waals surface area (Å²) in [6.45, 7) is 8.99. The molecule has 1 aromatic carbocycles. The third-order valence-electron chi connectivity index (χ3n) is 3.57. The summed E-state index contributed by atoms with van der Waals surface area (Å²) in [6.07, 6.45) is 0.179. The number of primary amides is 1. The maximum Gasteiger partial charge on any atom is 0.231 e. The second-order valence-electron chi connectivity index (χ2n) is 5.79. The number of amides is 1. The number of hydrogen-bond acceptors (Lipinski definition) is 4. The average molecular weight is 291 g/mol. The van der Waals surface area contributed by atoms with E-state index in [0.717, 1.165) is 38.5 Å². The first kappa shape index (κ1) is 15.8. The molecule has 1 heterocycles. The van der Waals surface area contributed by atoms with Crippen molar-refractivity contribution >= 4 is 5.91 Å². The lowest BCUT2D eigenvalue weighted by molar-refractivity contribution is -0.119. The monoisotopic (exact) mass is 291 g/mol. The van der Waals surface area contributed by atoms with Crippen LogP contribution in [0.15, 0.2) is 24.3 Å². The summed E-state index contributed by atoms with van der Waals surface area (Å²) in [5.41, 5.74) is 6.45. The number of ether oxygens (including phenoxy) is 1. The van der Waals surface area contributed by atoms with Gasteiger partial charge in [-0.1, -0.05) is 18.2 Å². The number of nitrogens with two attached hydrogens (primary N) is 1. The largest absolute Gasteiger partial charge is 0.491 e. The van der Waals surface area contributed by atoms with Crippen molar-refractivity contribution in [2.45, 2.75) is 26.5 Å². The summed E-state index contributed by atoms with van der Waals surface area (Å²) in [6, 6.07) is 8.20. The van der Waals surface area contributed by atoms with Crippen LogP contribution in [0.2, 0.25) is 0 Å². The molecule has 0 bridgehead atoms. The molecule has 1 aliphatic rings. The molecule has 0 atom stereocenters. The summed E-state index contributed by atoms with van der Waals surface area (Å²) >= 11 is 0. The van der Waals surface area contributed by atoms with E-state index in [1.54, 1.807) is 0 Å². The van der Waals surface area contributed by atoms with Crippen molar-refractivity contribution in [1.82, 2.24) is 9.80 Å². The van der Waals surface area contributed by atoms with Crippen molar-refractivity contribution in [3.8, 4) is 5.75 Å². The maximum atomic E-state index is 10.9. The molecule has 0 aliphatic carbocycles. The fraction of sp³-hybridized carbons (Fsp3) is 0.562.